The van der Waals surface area contributed by atoms with Crippen LogP contribution in [0.15, 0.2) is 5.38 Å². The summed E-state index contributed by atoms with van der Waals surface area (Å²) in [6.07, 6.45) is 8.60. The maximum Gasteiger partial charge on any atom is 0.110 e. The largest absolute Gasteiger partial charge is 0.308 e. The van der Waals surface area contributed by atoms with E-state index >= 15 is 0 Å². The van der Waals surface area contributed by atoms with Crippen molar-refractivity contribution >= 4 is 11.3 Å². The van der Waals surface area contributed by atoms with E-state index in [-0.39, 0.29) is 0 Å². The molecule has 3 heteroatoms. The SMILES string of the molecule is Cc1csc(C(C)NCCC2CCCCC2)n1. The van der Waals surface area contributed by atoms with Crippen LogP contribution in [0.4, 0.5) is 0 Å². The van der Waals surface area contributed by atoms with E-state index in [9.17, 15) is 0 Å². The van der Waals surface area contributed by atoms with Crippen molar-refractivity contribution in [3.8, 4) is 0 Å². The highest BCUT2D eigenvalue weighted by Crippen LogP contribution is 2.26. The van der Waals surface area contributed by atoms with Gasteiger partial charge in [-0.1, -0.05) is 32.1 Å². The Morgan fingerprint density at radius 1 is 1.41 bits per heavy atom. The summed E-state index contributed by atoms with van der Waals surface area (Å²) in [5.74, 6) is 0.974. The van der Waals surface area contributed by atoms with E-state index in [1.165, 1.54) is 43.5 Å². The number of aryl methyl sites for hydroxylation is 1. The molecule has 1 aliphatic carbocycles. The summed E-state index contributed by atoms with van der Waals surface area (Å²) < 4.78 is 0. The number of thiazole rings is 1. The zero-order chi connectivity index (χ0) is 12.1. The third-order valence-electron chi connectivity index (χ3n) is 3.74. The molecule has 1 heterocycles. The van der Waals surface area contributed by atoms with Crippen molar-refractivity contribution in [3.05, 3.63) is 16.1 Å². The number of nitrogens with zero attached hydrogens (tertiary/aromatic N) is 1. The summed E-state index contributed by atoms with van der Waals surface area (Å²) >= 11 is 1.77. The van der Waals surface area contributed by atoms with Gasteiger partial charge < -0.3 is 5.32 Å². The lowest BCUT2D eigenvalue weighted by atomic mass is 9.87. The first-order valence-electron chi connectivity index (χ1n) is 6.91. The van der Waals surface area contributed by atoms with Crippen LogP contribution in [0.1, 0.15) is 62.2 Å². The molecule has 1 fully saturated rings. The second kappa shape index (κ2) is 6.50. The van der Waals surface area contributed by atoms with Crippen LogP contribution in [0, 0.1) is 12.8 Å². The summed E-state index contributed by atoms with van der Waals surface area (Å²) in [5.41, 5.74) is 1.14. The third-order valence-corrected chi connectivity index (χ3v) is 4.88. The average molecular weight is 252 g/mol. The molecule has 0 aromatic carbocycles. The van der Waals surface area contributed by atoms with E-state index in [0.29, 0.717) is 6.04 Å². The average Bonchev–Trinajstić information content (AvgIpc) is 2.77. The molecule has 2 rings (SSSR count). The molecule has 2 nitrogen and oxygen atoms in total. The normalized spacial score (nSPS) is 19.4. The van der Waals surface area contributed by atoms with Crippen molar-refractivity contribution in [1.29, 1.82) is 0 Å². The molecule has 0 aliphatic heterocycles. The maximum absolute atomic E-state index is 4.53. The maximum atomic E-state index is 4.53. The molecule has 1 aliphatic rings. The lowest BCUT2D eigenvalue weighted by Gasteiger charge is -2.22. The molecule has 1 aromatic heterocycles. The highest BCUT2D eigenvalue weighted by atomic mass is 32.1. The zero-order valence-electron chi connectivity index (χ0n) is 11.0. The summed E-state index contributed by atoms with van der Waals surface area (Å²) in [6.45, 7) is 5.43. The summed E-state index contributed by atoms with van der Waals surface area (Å²) in [5, 5.41) is 6.97. The van der Waals surface area contributed by atoms with Gasteiger partial charge in [0.1, 0.15) is 5.01 Å². The van der Waals surface area contributed by atoms with Crippen LogP contribution in [0.25, 0.3) is 0 Å². The van der Waals surface area contributed by atoms with Crippen LogP contribution in [-0.4, -0.2) is 11.5 Å². The van der Waals surface area contributed by atoms with Crippen molar-refractivity contribution in [2.45, 2.75) is 58.4 Å². The minimum absolute atomic E-state index is 0.414. The molecule has 1 N–H and O–H groups in total. The number of rotatable bonds is 5. The Morgan fingerprint density at radius 3 is 2.82 bits per heavy atom. The third kappa shape index (κ3) is 4.07. The minimum Gasteiger partial charge on any atom is -0.308 e. The fraction of sp³-hybridized carbons (Fsp3) is 0.786. The molecule has 0 spiro atoms. The fourth-order valence-corrected chi connectivity index (χ4v) is 3.47. The van der Waals surface area contributed by atoms with Gasteiger partial charge in [-0.2, -0.15) is 0 Å². The first-order valence-corrected chi connectivity index (χ1v) is 7.79. The van der Waals surface area contributed by atoms with Crippen LogP contribution in [-0.2, 0) is 0 Å². The van der Waals surface area contributed by atoms with Crippen molar-refractivity contribution in [2.24, 2.45) is 5.92 Å². The molecule has 1 atom stereocenters. The van der Waals surface area contributed by atoms with Crippen LogP contribution in [0.5, 0.6) is 0 Å². The van der Waals surface area contributed by atoms with Crippen LogP contribution in [0.2, 0.25) is 0 Å². The van der Waals surface area contributed by atoms with Gasteiger partial charge in [0.2, 0.25) is 0 Å². The van der Waals surface area contributed by atoms with Gasteiger partial charge in [0.05, 0.1) is 6.04 Å². The molecular weight excluding hydrogens is 228 g/mol. The van der Waals surface area contributed by atoms with Gasteiger partial charge in [-0.05, 0) is 32.7 Å². The van der Waals surface area contributed by atoms with Gasteiger partial charge >= 0.3 is 0 Å². The predicted molar refractivity (Wildman–Crippen MR) is 74.5 cm³/mol. The molecular formula is C14H24N2S. The highest BCUT2D eigenvalue weighted by molar-refractivity contribution is 7.09. The predicted octanol–water partition coefficient (Wildman–Crippen LogP) is 4.07. The standard InChI is InChI=1S/C14H24N2S/c1-11-10-17-14(16-11)12(2)15-9-8-13-6-4-3-5-7-13/h10,12-13,15H,3-9H2,1-2H3. The van der Waals surface area contributed by atoms with E-state index in [1.54, 1.807) is 11.3 Å². The molecule has 0 radical (unpaired) electrons. The quantitative estimate of drug-likeness (QED) is 0.854. The monoisotopic (exact) mass is 252 g/mol. The van der Waals surface area contributed by atoms with Crippen LogP contribution >= 0.6 is 11.3 Å². The van der Waals surface area contributed by atoms with Crippen molar-refractivity contribution in [3.63, 3.8) is 0 Å². The fourth-order valence-electron chi connectivity index (χ4n) is 2.64. The Balaban J connectivity index is 1.67. The second-order valence-electron chi connectivity index (χ2n) is 5.30. The molecule has 1 unspecified atom stereocenters. The van der Waals surface area contributed by atoms with Crippen LogP contribution in [0.3, 0.4) is 0 Å². The first-order chi connectivity index (χ1) is 8.25. The van der Waals surface area contributed by atoms with E-state index in [4.69, 9.17) is 0 Å². The molecule has 0 amide bonds. The Morgan fingerprint density at radius 2 is 2.18 bits per heavy atom. The van der Waals surface area contributed by atoms with E-state index in [1.807, 2.05) is 0 Å². The number of hydrogen-bond acceptors (Lipinski definition) is 3. The molecule has 0 bridgehead atoms. The number of aromatic nitrogens is 1. The van der Waals surface area contributed by atoms with Gasteiger partial charge in [-0.3, -0.25) is 0 Å². The van der Waals surface area contributed by atoms with Gasteiger partial charge in [0.15, 0.2) is 0 Å². The Kier molecular flexibility index (Phi) is 4.99. The Labute approximate surface area is 109 Å². The Bertz CT molecular complexity index is 329. The number of nitrogens with one attached hydrogen (secondary N) is 1. The van der Waals surface area contributed by atoms with Crippen molar-refractivity contribution in [2.75, 3.05) is 6.54 Å². The summed E-state index contributed by atoms with van der Waals surface area (Å²) in [7, 11) is 0. The smallest absolute Gasteiger partial charge is 0.110 e. The lowest BCUT2D eigenvalue weighted by molar-refractivity contribution is 0.329. The molecule has 96 valence electrons. The minimum atomic E-state index is 0.414. The lowest BCUT2D eigenvalue weighted by Crippen LogP contribution is -2.22. The van der Waals surface area contributed by atoms with E-state index < -0.39 is 0 Å². The van der Waals surface area contributed by atoms with Gasteiger partial charge in [-0.15, -0.1) is 11.3 Å². The Hall–Kier alpha value is -0.410. The molecule has 1 saturated carbocycles. The summed E-state index contributed by atoms with van der Waals surface area (Å²) in [4.78, 5) is 4.53. The molecule has 17 heavy (non-hydrogen) atoms. The molecule has 1 aromatic rings. The topological polar surface area (TPSA) is 24.9 Å². The van der Waals surface area contributed by atoms with Gasteiger partial charge in [-0.25, -0.2) is 4.98 Å². The summed E-state index contributed by atoms with van der Waals surface area (Å²) in [6, 6.07) is 0.414. The van der Waals surface area contributed by atoms with E-state index in [0.717, 1.165) is 18.2 Å². The van der Waals surface area contributed by atoms with Gasteiger partial charge in [0.25, 0.3) is 0 Å². The second-order valence-corrected chi connectivity index (χ2v) is 6.19. The highest BCUT2D eigenvalue weighted by Gasteiger charge is 2.14. The van der Waals surface area contributed by atoms with Crippen LogP contribution < -0.4 is 5.32 Å². The zero-order valence-corrected chi connectivity index (χ0v) is 11.9. The number of hydrogen-bond donors (Lipinski definition) is 1. The van der Waals surface area contributed by atoms with Crippen molar-refractivity contribution in [1.82, 2.24) is 10.3 Å². The van der Waals surface area contributed by atoms with Gasteiger partial charge in [0, 0.05) is 11.1 Å². The van der Waals surface area contributed by atoms with Crippen molar-refractivity contribution < 1.29 is 0 Å². The molecule has 0 saturated heterocycles. The first kappa shape index (κ1) is 13.0. The van der Waals surface area contributed by atoms with E-state index in [2.05, 4.69) is 29.5 Å².